The summed E-state index contributed by atoms with van der Waals surface area (Å²) in [6.45, 7) is 6.71. The number of carbonyl (C=O) groups excluding carboxylic acids is 2. The second-order valence-corrected chi connectivity index (χ2v) is 6.06. The van der Waals surface area contributed by atoms with Crippen molar-refractivity contribution in [1.82, 2.24) is 10.8 Å². The monoisotopic (exact) mass is 294 g/mol. The van der Waals surface area contributed by atoms with Gasteiger partial charge >= 0.3 is 6.09 Å². The third-order valence-corrected chi connectivity index (χ3v) is 2.78. The lowest BCUT2D eigenvalue weighted by Gasteiger charge is -2.30. The molecule has 0 aromatic heterocycles. The summed E-state index contributed by atoms with van der Waals surface area (Å²) in [6.07, 6.45) is -0.496. The molecule has 0 saturated heterocycles. The van der Waals surface area contributed by atoms with Crippen LogP contribution in [0.5, 0.6) is 0 Å². The summed E-state index contributed by atoms with van der Waals surface area (Å²) < 4.78 is 5.15. The molecule has 0 saturated carbocycles. The molecule has 1 aromatic carbocycles. The normalized spacial score (nSPS) is 14.0. The zero-order chi connectivity index (χ0) is 16.1. The molecule has 1 rings (SSSR count). The standard InChI is InChI=1S/C15H22N2O4/c1-14(2,3)21-13(19)16-15(4,12(18)17-20)10-11-8-6-5-7-9-11/h5-9,20H,10H2,1-4H3,(H,16,19)(H,17,18)/t15-/m1/s1. The van der Waals surface area contributed by atoms with Gasteiger partial charge in [0.1, 0.15) is 11.1 Å². The molecule has 0 aliphatic rings. The lowest BCUT2D eigenvalue weighted by atomic mass is 9.92. The van der Waals surface area contributed by atoms with Crippen molar-refractivity contribution in [3.05, 3.63) is 35.9 Å². The van der Waals surface area contributed by atoms with E-state index >= 15 is 0 Å². The van der Waals surface area contributed by atoms with Gasteiger partial charge < -0.3 is 10.1 Å². The number of rotatable bonds is 4. The van der Waals surface area contributed by atoms with Crippen LogP contribution in [-0.2, 0) is 16.0 Å². The maximum absolute atomic E-state index is 11.9. The minimum atomic E-state index is -1.32. The molecule has 0 bridgehead atoms. The van der Waals surface area contributed by atoms with Crippen LogP contribution in [-0.4, -0.2) is 28.3 Å². The Kier molecular flexibility index (Phi) is 5.32. The quantitative estimate of drug-likeness (QED) is 0.585. The van der Waals surface area contributed by atoms with Crippen LogP contribution < -0.4 is 10.8 Å². The molecule has 2 amide bonds. The van der Waals surface area contributed by atoms with E-state index in [1.54, 1.807) is 26.3 Å². The Morgan fingerprint density at radius 2 is 1.71 bits per heavy atom. The maximum atomic E-state index is 11.9. The van der Waals surface area contributed by atoms with Crippen molar-refractivity contribution in [3.8, 4) is 0 Å². The van der Waals surface area contributed by atoms with Crippen LogP contribution in [0.15, 0.2) is 30.3 Å². The van der Waals surface area contributed by atoms with Crippen molar-refractivity contribution in [2.75, 3.05) is 0 Å². The first-order valence-corrected chi connectivity index (χ1v) is 6.66. The number of hydrogen-bond donors (Lipinski definition) is 3. The molecule has 116 valence electrons. The second-order valence-electron chi connectivity index (χ2n) is 6.06. The maximum Gasteiger partial charge on any atom is 0.408 e. The van der Waals surface area contributed by atoms with E-state index < -0.39 is 23.1 Å². The Hall–Kier alpha value is -2.08. The fourth-order valence-electron chi connectivity index (χ4n) is 1.84. The van der Waals surface area contributed by atoms with Crippen molar-refractivity contribution in [3.63, 3.8) is 0 Å². The van der Waals surface area contributed by atoms with Crippen molar-refractivity contribution in [2.24, 2.45) is 0 Å². The predicted molar refractivity (Wildman–Crippen MR) is 77.8 cm³/mol. The molecule has 0 fully saturated rings. The molecule has 1 aromatic rings. The molecule has 0 heterocycles. The summed E-state index contributed by atoms with van der Waals surface area (Å²) in [7, 11) is 0. The molecular weight excluding hydrogens is 272 g/mol. The topological polar surface area (TPSA) is 87.7 Å². The lowest BCUT2D eigenvalue weighted by molar-refractivity contribution is -0.135. The molecule has 3 N–H and O–H groups in total. The Morgan fingerprint density at radius 3 is 2.19 bits per heavy atom. The first-order valence-electron chi connectivity index (χ1n) is 6.66. The van der Waals surface area contributed by atoms with Gasteiger partial charge in [0.2, 0.25) is 0 Å². The van der Waals surface area contributed by atoms with Gasteiger partial charge in [0.05, 0.1) is 0 Å². The SMILES string of the molecule is CC(C)(C)OC(=O)N[C@](C)(Cc1ccccc1)C(=O)NO. The number of benzene rings is 1. The van der Waals surface area contributed by atoms with Gasteiger partial charge in [-0.1, -0.05) is 30.3 Å². The van der Waals surface area contributed by atoms with Gasteiger partial charge in [0, 0.05) is 6.42 Å². The highest BCUT2D eigenvalue weighted by molar-refractivity contribution is 5.89. The van der Waals surface area contributed by atoms with E-state index in [0.717, 1.165) is 5.56 Å². The number of amides is 2. The van der Waals surface area contributed by atoms with E-state index in [-0.39, 0.29) is 6.42 Å². The van der Waals surface area contributed by atoms with E-state index in [1.807, 2.05) is 30.3 Å². The van der Waals surface area contributed by atoms with Gasteiger partial charge in [-0.25, -0.2) is 10.3 Å². The Morgan fingerprint density at radius 1 is 1.14 bits per heavy atom. The van der Waals surface area contributed by atoms with Crippen LogP contribution in [0.3, 0.4) is 0 Å². The van der Waals surface area contributed by atoms with Crippen LogP contribution in [0.4, 0.5) is 4.79 Å². The number of alkyl carbamates (subject to hydrolysis) is 1. The third-order valence-electron chi connectivity index (χ3n) is 2.78. The summed E-state index contributed by atoms with van der Waals surface area (Å²) in [4.78, 5) is 23.8. The van der Waals surface area contributed by atoms with E-state index in [1.165, 1.54) is 6.92 Å². The van der Waals surface area contributed by atoms with Gasteiger partial charge in [-0.2, -0.15) is 0 Å². The fourth-order valence-corrected chi connectivity index (χ4v) is 1.84. The number of ether oxygens (including phenoxy) is 1. The second kappa shape index (κ2) is 6.58. The van der Waals surface area contributed by atoms with Gasteiger partial charge in [-0.05, 0) is 33.3 Å². The zero-order valence-corrected chi connectivity index (χ0v) is 12.8. The van der Waals surface area contributed by atoms with Gasteiger partial charge in [-0.3, -0.25) is 10.0 Å². The minimum absolute atomic E-state index is 0.222. The highest BCUT2D eigenvalue weighted by Gasteiger charge is 2.36. The van der Waals surface area contributed by atoms with Crippen molar-refractivity contribution < 1.29 is 19.5 Å². The number of hydrogen-bond acceptors (Lipinski definition) is 4. The molecule has 0 aliphatic heterocycles. The van der Waals surface area contributed by atoms with Gasteiger partial charge in [0.15, 0.2) is 0 Å². The van der Waals surface area contributed by atoms with Crippen LogP contribution >= 0.6 is 0 Å². The molecule has 1 atom stereocenters. The number of nitrogens with one attached hydrogen (secondary N) is 2. The van der Waals surface area contributed by atoms with E-state index in [4.69, 9.17) is 9.94 Å². The molecule has 0 radical (unpaired) electrons. The van der Waals surface area contributed by atoms with E-state index in [9.17, 15) is 9.59 Å². The fraction of sp³-hybridized carbons (Fsp3) is 0.467. The molecule has 0 unspecified atom stereocenters. The van der Waals surface area contributed by atoms with E-state index in [0.29, 0.717) is 0 Å². The van der Waals surface area contributed by atoms with Gasteiger partial charge in [-0.15, -0.1) is 0 Å². The predicted octanol–water partition coefficient (Wildman–Crippen LogP) is 2.02. The van der Waals surface area contributed by atoms with Crippen molar-refractivity contribution in [1.29, 1.82) is 0 Å². The largest absolute Gasteiger partial charge is 0.444 e. The lowest BCUT2D eigenvalue weighted by Crippen LogP contribution is -2.58. The molecular formula is C15H22N2O4. The van der Waals surface area contributed by atoms with Crippen molar-refractivity contribution in [2.45, 2.75) is 45.3 Å². The highest BCUT2D eigenvalue weighted by Crippen LogP contribution is 2.15. The summed E-state index contributed by atoms with van der Waals surface area (Å²) in [5.74, 6) is -0.711. The van der Waals surface area contributed by atoms with Crippen LogP contribution in [0.25, 0.3) is 0 Å². The molecule has 0 aliphatic carbocycles. The zero-order valence-electron chi connectivity index (χ0n) is 12.8. The van der Waals surface area contributed by atoms with Gasteiger partial charge in [0.25, 0.3) is 5.91 Å². The molecule has 21 heavy (non-hydrogen) atoms. The molecule has 6 nitrogen and oxygen atoms in total. The highest BCUT2D eigenvalue weighted by atomic mass is 16.6. The Bertz CT molecular complexity index is 496. The van der Waals surface area contributed by atoms with E-state index in [2.05, 4.69) is 5.32 Å². The first-order chi connectivity index (χ1) is 9.66. The number of carbonyl (C=O) groups is 2. The molecule has 0 spiro atoms. The molecule has 6 heteroatoms. The Labute approximate surface area is 124 Å². The Balaban J connectivity index is 2.89. The van der Waals surface area contributed by atoms with Crippen molar-refractivity contribution >= 4 is 12.0 Å². The average Bonchev–Trinajstić information content (AvgIpc) is 2.36. The summed E-state index contributed by atoms with van der Waals surface area (Å²) >= 11 is 0. The summed E-state index contributed by atoms with van der Waals surface area (Å²) in [5.41, 5.74) is 0.438. The van der Waals surface area contributed by atoms with Crippen LogP contribution in [0.1, 0.15) is 33.3 Å². The van der Waals surface area contributed by atoms with Crippen LogP contribution in [0, 0.1) is 0 Å². The smallest absolute Gasteiger partial charge is 0.408 e. The summed E-state index contributed by atoms with van der Waals surface area (Å²) in [5, 5.41) is 11.4. The minimum Gasteiger partial charge on any atom is -0.444 e. The van der Waals surface area contributed by atoms with Crippen LogP contribution in [0.2, 0.25) is 0 Å². The number of hydroxylamine groups is 1. The summed E-state index contributed by atoms with van der Waals surface area (Å²) in [6, 6.07) is 9.19. The third kappa shape index (κ3) is 5.43. The average molecular weight is 294 g/mol. The first kappa shape index (κ1) is 17.0.